The van der Waals surface area contributed by atoms with E-state index in [1.807, 2.05) is 18.1 Å². The average Bonchev–Trinajstić information content (AvgIpc) is 3.13. The van der Waals surface area contributed by atoms with Crippen LogP contribution >= 0.6 is 11.6 Å². The molecule has 23 heavy (non-hydrogen) atoms. The van der Waals surface area contributed by atoms with Crippen LogP contribution in [0.25, 0.3) is 0 Å². The number of benzene rings is 1. The molecule has 1 fully saturated rings. The molecule has 3 rings (SSSR count). The minimum atomic E-state index is -0.355. The van der Waals surface area contributed by atoms with Gasteiger partial charge in [-0.05, 0) is 17.7 Å². The van der Waals surface area contributed by atoms with Crippen LogP contribution in [-0.2, 0) is 11.8 Å². The van der Waals surface area contributed by atoms with Crippen molar-refractivity contribution in [2.75, 3.05) is 18.0 Å². The standard InChI is InChI=1S/C16H16ClN5O/c1-21-7-11(6-20-21)12-8-22(9-13(12)16(19)23)15-10(5-18)3-2-4-14(15)17/h2-4,6-7,12-13H,8-9H2,1H3,(H2,19,23)/t12-,13+/m1/s1. The molecule has 0 aliphatic carbocycles. The van der Waals surface area contributed by atoms with Crippen LogP contribution in [0.2, 0.25) is 5.02 Å². The fourth-order valence-corrected chi connectivity index (χ4v) is 3.47. The summed E-state index contributed by atoms with van der Waals surface area (Å²) in [5.41, 5.74) is 7.71. The monoisotopic (exact) mass is 329 g/mol. The molecular weight excluding hydrogens is 314 g/mol. The van der Waals surface area contributed by atoms with E-state index in [4.69, 9.17) is 17.3 Å². The zero-order valence-electron chi connectivity index (χ0n) is 12.6. The molecule has 1 saturated heterocycles. The van der Waals surface area contributed by atoms with Crippen LogP contribution in [0.5, 0.6) is 0 Å². The summed E-state index contributed by atoms with van der Waals surface area (Å²) in [4.78, 5) is 13.8. The number of para-hydroxylation sites is 1. The highest BCUT2D eigenvalue weighted by atomic mass is 35.5. The Bertz CT molecular complexity index is 794. The van der Waals surface area contributed by atoms with Gasteiger partial charge < -0.3 is 10.6 Å². The Morgan fingerprint density at radius 1 is 1.48 bits per heavy atom. The van der Waals surface area contributed by atoms with Gasteiger partial charge in [-0.1, -0.05) is 17.7 Å². The van der Waals surface area contributed by atoms with E-state index in [9.17, 15) is 10.1 Å². The number of primary amides is 1. The Morgan fingerprint density at radius 2 is 2.26 bits per heavy atom. The van der Waals surface area contributed by atoms with Crippen LogP contribution in [-0.4, -0.2) is 28.8 Å². The molecule has 1 aliphatic rings. The van der Waals surface area contributed by atoms with Gasteiger partial charge in [0.15, 0.2) is 0 Å². The van der Waals surface area contributed by atoms with Gasteiger partial charge in [0.05, 0.1) is 28.4 Å². The average molecular weight is 330 g/mol. The van der Waals surface area contributed by atoms with Crippen molar-refractivity contribution in [3.05, 3.63) is 46.7 Å². The summed E-state index contributed by atoms with van der Waals surface area (Å²) in [5.74, 6) is -0.766. The van der Waals surface area contributed by atoms with E-state index < -0.39 is 0 Å². The zero-order valence-corrected chi connectivity index (χ0v) is 13.4. The Labute approximate surface area is 139 Å². The molecule has 0 radical (unpaired) electrons. The lowest BCUT2D eigenvalue weighted by molar-refractivity contribution is -0.121. The predicted molar refractivity (Wildman–Crippen MR) is 87.0 cm³/mol. The third-order valence-corrected chi connectivity index (χ3v) is 4.57. The molecule has 1 aliphatic heterocycles. The van der Waals surface area contributed by atoms with Crippen molar-refractivity contribution in [3.63, 3.8) is 0 Å². The van der Waals surface area contributed by atoms with E-state index in [1.165, 1.54) is 0 Å². The smallest absolute Gasteiger partial charge is 0.223 e. The van der Waals surface area contributed by atoms with Gasteiger partial charge in [0.2, 0.25) is 5.91 Å². The Hall–Kier alpha value is -2.52. The lowest BCUT2D eigenvalue weighted by atomic mass is 9.90. The number of nitrogens with zero attached hydrogens (tertiary/aromatic N) is 4. The minimum absolute atomic E-state index is 0.0657. The minimum Gasteiger partial charge on any atom is -0.369 e. The number of anilines is 1. The summed E-state index contributed by atoms with van der Waals surface area (Å²) in [6.45, 7) is 1.00. The molecule has 2 N–H and O–H groups in total. The summed E-state index contributed by atoms with van der Waals surface area (Å²) in [6.07, 6.45) is 3.64. The van der Waals surface area contributed by atoms with Crippen molar-refractivity contribution in [3.8, 4) is 6.07 Å². The van der Waals surface area contributed by atoms with Crippen molar-refractivity contribution in [1.82, 2.24) is 9.78 Å². The first-order valence-corrected chi connectivity index (χ1v) is 7.60. The van der Waals surface area contributed by atoms with Gasteiger partial charge >= 0.3 is 0 Å². The first-order valence-electron chi connectivity index (χ1n) is 7.22. The van der Waals surface area contributed by atoms with Crippen LogP contribution in [0, 0.1) is 17.2 Å². The normalized spacial score (nSPS) is 20.5. The van der Waals surface area contributed by atoms with E-state index in [-0.39, 0.29) is 17.7 Å². The van der Waals surface area contributed by atoms with Gasteiger partial charge in [-0.15, -0.1) is 0 Å². The van der Waals surface area contributed by atoms with Gasteiger partial charge in [-0.3, -0.25) is 9.48 Å². The molecule has 7 heteroatoms. The number of amides is 1. The van der Waals surface area contributed by atoms with Gasteiger partial charge in [0.1, 0.15) is 6.07 Å². The molecule has 1 aromatic heterocycles. The second-order valence-electron chi connectivity index (χ2n) is 5.72. The van der Waals surface area contributed by atoms with Gasteiger partial charge in [0, 0.05) is 32.3 Å². The van der Waals surface area contributed by atoms with Gasteiger partial charge in [0.25, 0.3) is 0 Å². The van der Waals surface area contributed by atoms with Crippen molar-refractivity contribution in [2.45, 2.75) is 5.92 Å². The number of carbonyl (C=O) groups is 1. The molecule has 0 spiro atoms. The lowest BCUT2D eigenvalue weighted by Gasteiger charge is -2.21. The SMILES string of the molecule is Cn1cc([C@H]2CN(c3c(Cl)cccc3C#N)C[C@@H]2C(N)=O)cn1. The molecule has 118 valence electrons. The number of nitrogens with two attached hydrogens (primary N) is 1. The van der Waals surface area contributed by atoms with E-state index in [1.54, 1.807) is 29.1 Å². The van der Waals surface area contributed by atoms with E-state index in [0.717, 1.165) is 5.56 Å². The summed E-state index contributed by atoms with van der Waals surface area (Å²) in [7, 11) is 1.83. The topological polar surface area (TPSA) is 87.9 Å². The van der Waals surface area contributed by atoms with Gasteiger partial charge in [-0.25, -0.2) is 0 Å². The van der Waals surface area contributed by atoms with Crippen molar-refractivity contribution < 1.29 is 4.79 Å². The number of aryl methyl sites for hydroxylation is 1. The highest BCUT2D eigenvalue weighted by Crippen LogP contribution is 2.39. The molecule has 2 aromatic rings. The molecule has 0 saturated carbocycles. The van der Waals surface area contributed by atoms with Gasteiger partial charge in [-0.2, -0.15) is 10.4 Å². The number of rotatable bonds is 3. The fourth-order valence-electron chi connectivity index (χ4n) is 3.17. The predicted octanol–water partition coefficient (Wildman–Crippen LogP) is 1.65. The highest BCUT2D eigenvalue weighted by molar-refractivity contribution is 6.33. The second-order valence-corrected chi connectivity index (χ2v) is 6.12. The second kappa shape index (κ2) is 5.94. The number of hydrogen-bond donors (Lipinski definition) is 1. The highest BCUT2D eigenvalue weighted by Gasteiger charge is 2.39. The molecule has 2 atom stereocenters. The quantitative estimate of drug-likeness (QED) is 0.927. The molecule has 2 heterocycles. The summed E-state index contributed by atoms with van der Waals surface area (Å²) >= 11 is 6.29. The van der Waals surface area contributed by atoms with Crippen LogP contribution in [0.3, 0.4) is 0 Å². The van der Waals surface area contributed by atoms with Crippen molar-refractivity contribution in [1.29, 1.82) is 5.26 Å². The summed E-state index contributed by atoms with van der Waals surface area (Å²) in [6, 6.07) is 7.36. The van der Waals surface area contributed by atoms with E-state index in [0.29, 0.717) is 29.4 Å². The molecule has 1 amide bonds. The number of hydrogen-bond acceptors (Lipinski definition) is 4. The third-order valence-electron chi connectivity index (χ3n) is 4.26. The first kappa shape index (κ1) is 15.4. The van der Waals surface area contributed by atoms with Crippen LogP contribution < -0.4 is 10.6 Å². The largest absolute Gasteiger partial charge is 0.369 e. The molecule has 1 aromatic carbocycles. The Kier molecular flexibility index (Phi) is 3.97. The van der Waals surface area contributed by atoms with E-state index in [2.05, 4.69) is 11.2 Å². The van der Waals surface area contributed by atoms with Crippen LogP contribution in [0.15, 0.2) is 30.6 Å². The summed E-state index contributed by atoms with van der Waals surface area (Å²) < 4.78 is 1.70. The maximum absolute atomic E-state index is 11.9. The Balaban J connectivity index is 1.99. The number of halogens is 1. The number of aromatic nitrogens is 2. The third kappa shape index (κ3) is 2.76. The Morgan fingerprint density at radius 3 is 2.87 bits per heavy atom. The molecule has 6 nitrogen and oxygen atoms in total. The number of nitriles is 1. The van der Waals surface area contributed by atoms with Crippen molar-refractivity contribution in [2.24, 2.45) is 18.7 Å². The van der Waals surface area contributed by atoms with Crippen LogP contribution in [0.4, 0.5) is 5.69 Å². The number of carbonyl (C=O) groups excluding carboxylic acids is 1. The van der Waals surface area contributed by atoms with E-state index >= 15 is 0 Å². The molecule has 0 unspecified atom stereocenters. The van der Waals surface area contributed by atoms with Crippen LogP contribution in [0.1, 0.15) is 17.0 Å². The first-order chi connectivity index (χ1) is 11.0. The maximum Gasteiger partial charge on any atom is 0.223 e. The summed E-state index contributed by atoms with van der Waals surface area (Å²) in [5, 5.41) is 14.0. The zero-order chi connectivity index (χ0) is 16.6. The molecule has 0 bridgehead atoms. The molecular formula is C16H16ClN5O. The van der Waals surface area contributed by atoms with Crippen molar-refractivity contribution >= 4 is 23.2 Å². The maximum atomic E-state index is 11.9. The lowest BCUT2D eigenvalue weighted by Crippen LogP contribution is -2.29. The fraction of sp³-hybridized carbons (Fsp3) is 0.312.